The number of urea groups is 1. The first-order valence-electron chi connectivity index (χ1n) is 2.83. The summed E-state index contributed by atoms with van der Waals surface area (Å²) in [5, 5.41) is 7.92. The summed E-state index contributed by atoms with van der Waals surface area (Å²) in [7, 11) is 0. The van der Waals surface area contributed by atoms with E-state index in [1.54, 1.807) is 5.38 Å². The average Bonchev–Trinajstić information content (AvgIpc) is 2.52. The Morgan fingerprint density at radius 3 is 3.18 bits per heavy atom. The lowest BCUT2D eigenvalue weighted by atomic mass is 10.5. The smallest absolute Gasteiger partial charge is 0.329 e. The Hall–Kier alpha value is -1.21. The van der Waals surface area contributed by atoms with Gasteiger partial charge in [-0.2, -0.15) is 0 Å². The summed E-state index contributed by atoms with van der Waals surface area (Å²) < 4.78 is 3.61. The minimum Gasteiger partial charge on any atom is -0.331 e. The van der Waals surface area contributed by atoms with Gasteiger partial charge >= 0.3 is 6.03 Å². The van der Waals surface area contributed by atoms with Crippen molar-refractivity contribution in [2.24, 2.45) is 5.84 Å². The molecule has 1 aromatic heterocycles. The number of carbonyl (C=O) groups is 1. The largest absolute Gasteiger partial charge is 0.331 e. The van der Waals surface area contributed by atoms with E-state index in [4.69, 9.17) is 5.84 Å². The van der Waals surface area contributed by atoms with Gasteiger partial charge in [-0.1, -0.05) is 4.49 Å². The van der Waals surface area contributed by atoms with Crippen molar-refractivity contribution in [1.29, 1.82) is 0 Å². The molecule has 0 aliphatic heterocycles. The van der Waals surface area contributed by atoms with Gasteiger partial charge in [-0.3, -0.25) is 5.43 Å². The second-order valence-electron chi connectivity index (χ2n) is 1.72. The van der Waals surface area contributed by atoms with E-state index in [0.717, 1.165) is 5.69 Å². The van der Waals surface area contributed by atoms with Crippen LogP contribution >= 0.6 is 11.5 Å². The van der Waals surface area contributed by atoms with Crippen LogP contribution < -0.4 is 16.6 Å². The standard InChI is InChI=1S/C4H7N5OS/c5-7-4(10)6-1-3-2-11-9-8-3/h2H,1,5H2,(H2,6,7,10). The number of nitrogens with one attached hydrogen (secondary N) is 2. The van der Waals surface area contributed by atoms with Crippen LogP contribution in [0.3, 0.4) is 0 Å². The number of nitrogens with two attached hydrogens (primary N) is 1. The molecule has 0 aromatic carbocycles. The molecule has 2 amide bonds. The van der Waals surface area contributed by atoms with Gasteiger partial charge in [0.15, 0.2) is 0 Å². The summed E-state index contributed by atoms with van der Waals surface area (Å²) in [4.78, 5) is 10.5. The highest BCUT2D eigenvalue weighted by atomic mass is 32.1. The molecule has 0 aliphatic carbocycles. The van der Waals surface area contributed by atoms with Crippen LogP contribution in [-0.2, 0) is 6.54 Å². The molecule has 7 heteroatoms. The van der Waals surface area contributed by atoms with Crippen LogP contribution in [0.4, 0.5) is 4.79 Å². The van der Waals surface area contributed by atoms with Gasteiger partial charge in [-0.25, -0.2) is 10.6 Å². The molecule has 0 saturated heterocycles. The predicted octanol–water partition coefficient (Wildman–Crippen LogP) is -0.789. The summed E-state index contributed by atoms with van der Waals surface area (Å²) in [5.74, 6) is 4.82. The molecule has 1 rings (SSSR count). The molecule has 0 radical (unpaired) electrons. The average molecular weight is 173 g/mol. The van der Waals surface area contributed by atoms with Crippen LogP contribution in [0.15, 0.2) is 5.38 Å². The minimum absolute atomic E-state index is 0.347. The number of amides is 2. The van der Waals surface area contributed by atoms with Crippen LogP contribution in [0.2, 0.25) is 0 Å². The zero-order valence-electron chi connectivity index (χ0n) is 5.57. The van der Waals surface area contributed by atoms with E-state index in [1.807, 2.05) is 5.43 Å². The van der Waals surface area contributed by atoms with Crippen molar-refractivity contribution in [2.75, 3.05) is 0 Å². The molecule has 1 aromatic rings. The van der Waals surface area contributed by atoms with Crippen LogP contribution in [0.1, 0.15) is 5.69 Å². The lowest BCUT2D eigenvalue weighted by Gasteiger charge is -1.99. The first-order valence-corrected chi connectivity index (χ1v) is 3.67. The molecule has 4 N–H and O–H groups in total. The molecule has 60 valence electrons. The molecule has 6 nitrogen and oxygen atoms in total. The van der Waals surface area contributed by atoms with E-state index in [0.29, 0.717) is 6.54 Å². The fraction of sp³-hybridized carbons (Fsp3) is 0.250. The molecule has 0 unspecified atom stereocenters. The van der Waals surface area contributed by atoms with E-state index in [1.165, 1.54) is 11.5 Å². The number of hydrogen-bond donors (Lipinski definition) is 3. The zero-order chi connectivity index (χ0) is 8.10. The van der Waals surface area contributed by atoms with Crippen LogP contribution in [0.25, 0.3) is 0 Å². The van der Waals surface area contributed by atoms with Gasteiger partial charge in [0.25, 0.3) is 0 Å². The summed E-state index contributed by atoms with van der Waals surface area (Å²) >= 11 is 1.23. The van der Waals surface area contributed by atoms with Crippen LogP contribution in [-0.4, -0.2) is 15.6 Å². The summed E-state index contributed by atoms with van der Waals surface area (Å²) in [6.45, 7) is 0.347. The molecule has 0 spiro atoms. The first kappa shape index (κ1) is 7.89. The molecule has 0 atom stereocenters. The number of hydrogen-bond acceptors (Lipinski definition) is 5. The molecular formula is C4H7N5OS. The fourth-order valence-corrected chi connectivity index (χ4v) is 0.934. The Morgan fingerprint density at radius 2 is 2.64 bits per heavy atom. The number of carbonyl (C=O) groups excluding carboxylic acids is 1. The first-order chi connectivity index (χ1) is 5.33. The number of aromatic nitrogens is 2. The maximum absolute atomic E-state index is 10.5. The van der Waals surface area contributed by atoms with Crippen molar-refractivity contribution in [3.05, 3.63) is 11.1 Å². The van der Waals surface area contributed by atoms with Crippen molar-refractivity contribution < 1.29 is 4.79 Å². The van der Waals surface area contributed by atoms with Crippen molar-refractivity contribution >= 4 is 17.6 Å². The fourth-order valence-electron chi connectivity index (χ4n) is 0.483. The van der Waals surface area contributed by atoms with Crippen LogP contribution in [0.5, 0.6) is 0 Å². The second-order valence-corrected chi connectivity index (χ2v) is 2.33. The second kappa shape index (κ2) is 3.84. The topological polar surface area (TPSA) is 92.9 Å². The molecular weight excluding hydrogens is 166 g/mol. The Morgan fingerprint density at radius 1 is 1.82 bits per heavy atom. The SMILES string of the molecule is NNC(=O)NCc1csnn1. The molecule has 0 fully saturated rings. The van der Waals surface area contributed by atoms with Crippen molar-refractivity contribution in [1.82, 2.24) is 20.3 Å². The third-order valence-corrected chi connectivity index (χ3v) is 1.52. The maximum Gasteiger partial charge on any atom is 0.329 e. The van der Waals surface area contributed by atoms with Gasteiger partial charge in [-0.15, -0.1) is 5.10 Å². The number of nitrogens with zero attached hydrogens (tertiary/aromatic N) is 2. The molecule has 1 heterocycles. The summed E-state index contributed by atoms with van der Waals surface area (Å²) in [5.41, 5.74) is 2.65. The van der Waals surface area contributed by atoms with Gasteiger partial charge in [-0.05, 0) is 11.5 Å². The Kier molecular flexibility index (Phi) is 2.75. The Bertz CT molecular complexity index is 222. The van der Waals surface area contributed by atoms with Gasteiger partial charge < -0.3 is 5.32 Å². The van der Waals surface area contributed by atoms with Crippen molar-refractivity contribution in [3.8, 4) is 0 Å². The zero-order valence-corrected chi connectivity index (χ0v) is 6.39. The third kappa shape index (κ3) is 2.48. The molecule has 0 aliphatic rings. The number of rotatable bonds is 2. The van der Waals surface area contributed by atoms with Crippen molar-refractivity contribution in [2.45, 2.75) is 6.54 Å². The molecule has 11 heavy (non-hydrogen) atoms. The van der Waals surface area contributed by atoms with Gasteiger partial charge in [0.05, 0.1) is 12.2 Å². The Balaban J connectivity index is 2.29. The van der Waals surface area contributed by atoms with E-state index in [2.05, 4.69) is 14.9 Å². The molecule has 0 saturated carbocycles. The van der Waals surface area contributed by atoms with E-state index in [-0.39, 0.29) is 0 Å². The lowest BCUT2D eigenvalue weighted by molar-refractivity contribution is 0.240. The highest BCUT2D eigenvalue weighted by molar-refractivity contribution is 7.03. The maximum atomic E-state index is 10.5. The predicted molar refractivity (Wildman–Crippen MR) is 39.5 cm³/mol. The van der Waals surface area contributed by atoms with E-state index < -0.39 is 6.03 Å². The summed E-state index contributed by atoms with van der Waals surface area (Å²) in [6, 6.07) is -0.432. The quantitative estimate of drug-likeness (QED) is 0.310. The highest BCUT2D eigenvalue weighted by Gasteiger charge is 1.98. The van der Waals surface area contributed by atoms with Gasteiger partial charge in [0.2, 0.25) is 0 Å². The van der Waals surface area contributed by atoms with Gasteiger partial charge in [0, 0.05) is 5.38 Å². The minimum atomic E-state index is -0.432. The normalized spacial score (nSPS) is 9.18. The number of hydrazine groups is 1. The Labute approximate surface area is 66.9 Å². The van der Waals surface area contributed by atoms with E-state index in [9.17, 15) is 4.79 Å². The summed E-state index contributed by atoms with van der Waals surface area (Å²) in [6.07, 6.45) is 0. The highest BCUT2D eigenvalue weighted by Crippen LogP contribution is 1.94. The van der Waals surface area contributed by atoms with Crippen LogP contribution in [0, 0.1) is 0 Å². The lowest BCUT2D eigenvalue weighted by Crippen LogP contribution is -2.39. The van der Waals surface area contributed by atoms with Crippen molar-refractivity contribution in [3.63, 3.8) is 0 Å². The van der Waals surface area contributed by atoms with Gasteiger partial charge in [0.1, 0.15) is 0 Å². The van der Waals surface area contributed by atoms with E-state index >= 15 is 0 Å². The monoisotopic (exact) mass is 173 g/mol. The molecule has 0 bridgehead atoms. The third-order valence-electron chi connectivity index (χ3n) is 0.966.